The Hall–Kier alpha value is -3.44. The van der Waals surface area contributed by atoms with Crippen molar-refractivity contribution in [2.75, 3.05) is 42.6 Å². The first kappa shape index (κ1) is 26.2. The second kappa shape index (κ2) is 12.0. The zero-order chi connectivity index (χ0) is 26.5. The minimum atomic E-state index is -0.0640. The van der Waals surface area contributed by atoms with Gasteiger partial charge in [-0.2, -0.15) is 0 Å². The minimum absolute atomic E-state index is 0.0437. The summed E-state index contributed by atoms with van der Waals surface area (Å²) >= 11 is 0. The first-order chi connectivity index (χ1) is 18.6. The molecule has 202 valence electrons. The van der Waals surface area contributed by atoms with Gasteiger partial charge >= 0.3 is 0 Å². The maximum absolute atomic E-state index is 12.9. The fourth-order valence-electron chi connectivity index (χ4n) is 5.08. The quantitative estimate of drug-likeness (QED) is 0.400. The van der Waals surface area contributed by atoms with Gasteiger partial charge in [-0.25, -0.2) is 24.6 Å². The lowest BCUT2D eigenvalue weighted by Gasteiger charge is -2.35. The Balaban J connectivity index is 1.37. The molecule has 5 heterocycles. The highest BCUT2D eigenvalue weighted by molar-refractivity contribution is 6.01. The van der Waals surface area contributed by atoms with Gasteiger partial charge in [0, 0.05) is 31.0 Å². The van der Waals surface area contributed by atoms with Gasteiger partial charge in [0.05, 0.1) is 18.4 Å². The average Bonchev–Trinajstić information content (AvgIpc) is 3.44. The molecule has 2 aliphatic heterocycles. The topological polar surface area (TPSA) is 128 Å². The van der Waals surface area contributed by atoms with Crippen molar-refractivity contribution in [2.45, 2.75) is 65.0 Å². The third-order valence-electron chi connectivity index (χ3n) is 7.17. The first-order valence-electron chi connectivity index (χ1n) is 13.7. The van der Waals surface area contributed by atoms with Crippen LogP contribution < -0.4 is 15.5 Å². The van der Waals surface area contributed by atoms with E-state index in [0.29, 0.717) is 36.1 Å². The maximum atomic E-state index is 12.9. The van der Waals surface area contributed by atoms with E-state index in [1.165, 1.54) is 0 Å². The number of pyridine rings is 1. The van der Waals surface area contributed by atoms with Gasteiger partial charge in [0.25, 0.3) is 0 Å². The molecular weight excluding hydrogens is 482 g/mol. The normalized spacial score (nSPS) is 17.7. The number of anilines is 2. The first-order valence-corrected chi connectivity index (χ1v) is 13.7. The Morgan fingerprint density at radius 2 is 1.92 bits per heavy atom. The lowest BCUT2D eigenvalue weighted by Crippen LogP contribution is -2.47. The fourth-order valence-corrected chi connectivity index (χ4v) is 5.08. The van der Waals surface area contributed by atoms with Crippen molar-refractivity contribution in [3.63, 3.8) is 0 Å². The van der Waals surface area contributed by atoms with E-state index in [2.05, 4.69) is 15.0 Å². The highest BCUT2D eigenvalue weighted by Crippen LogP contribution is 2.33. The number of aromatic nitrogens is 6. The molecule has 1 atom stereocenters. The molecule has 5 rings (SSSR count). The number of nitrogens with zero attached hydrogens (tertiary/aromatic N) is 8. The van der Waals surface area contributed by atoms with Crippen LogP contribution in [0.3, 0.4) is 0 Å². The molecule has 0 bridgehead atoms. The second-order valence-electron chi connectivity index (χ2n) is 9.86. The second-order valence-corrected chi connectivity index (χ2v) is 9.86. The van der Waals surface area contributed by atoms with E-state index < -0.39 is 0 Å². The Kier molecular flexibility index (Phi) is 8.23. The van der Waals surface area contributed by atoms with Crippen molar-refractivity contribution in [1.29, 1.82) is 0 Å². The van der Waals surface area contributed by atoms with Crippen LogP contribution in [0, 0.1) is 6.92 Å². The van der Waals surface area contributed by atoms with E-state index in [1.807, 2.05) is 26.0 Å². The molecule has 0 aliphatic carbocycles. The van der Waals surface area contributed by atoms with Crippen molar-refractivity contribution >= 4 is 17.5 Å². The van der Waals surface area contributed by atoms with Crippen LogP contribution in [0.15, 0.2) is 24.7 Å². The van der Waals surface area contributed by atoms with E-state index in [4.69, 9.17) is 25.4 Å². The lowest BCUT2D eigenvalue weighted by molar-refractivity contribution is -0.117. The average molecular weight is 520 g/mol. The number of unbranched alkanes of at least 4 members (excludes halogenated alkanes) is 3. The van der Waals surface area contributed by atoms with Gasteiger partial charge in [-0.1, -0.05) is 12.8 Å². The van der Waals surface area contributed by atoms with Gasteiger partial charge in [-0.15, -0.1) is 5.10 Å². The largest absolute Gasteiger partial charge is 0.356 e. The predicted octanol–water partition coefficient (Wildman–Crippen LogP) is 3.50. The van der Waals surface area contributed by atoms with Crippen LogP contribution in [0.1, 0.15) is 63.8 Å². The predicted molar refractivity (Wildman–Crippen MR) is 146 cm³/mol. The highest BCUT2D eigenvalue weighted by Gasteiger charge is 2.31. The summed E-state index contributed by atoms with van der Waals surface area (Å²) in [5, 5.41) is 4.62. The molecular formula is C27H37N9O2. The van der Waals surface area contributed by atoms with Crippen LogP contribution in [-0.4, -0.2) is 68.4 Å². The summed E-state index contributed by atoms with van der Waals surface area (Å²) in [6.45, 7) is 7.02. The molecule has 1 fully saturated rings. The summed E-state index contributed by atoms with van der Waals surface area (Å²) in [7, 11) is 0. The van der Waals surface area contributed by atoms with Gasteiger partial charge in [0.2, 0.25) is 5.91 Å². The minimum Gasteiger partial charge on any atom is -0.356 e. The number of aryl methyl sites for hydroxylation is 1. The van der Waals surface area contributed by atoms with Crippen molar-refractivity contribution in [3.8, 4) is 22.8 Å². The molecule has 1 saturated heterocycles. The van der Waals surface area contributed by atoms with Crippen LogP contribution in [0.2, 0.25) is 0 Å². The van der Waals surface area contributed by atoms with E-state index in [1.54, 1.807) is 22.1 Å². The van der Waals surface area contributed by atoms with Gasteiger partial charge in [-0.05, 0) is 64.6 Å². The van der Waals surface area contributed by atoms with Crippen molar-refractivity contribution in [2.24, 2.45) is 5.73 Å². The maximum Gasteiger partial charge on any atom is 0.247 e. The Morgan fingerprint density at radius 1 is 1.05 bits per heavy atom. The molecule has 11 heteroatoms. The standard InChI is InChI=1S/C27H37N9O2/c1-3-35-23(37)17-34(14-8-5-4-7-13-28)26-27(35)32-22(16-29-26)20-11-12-21(31-19(20)2)25-30-18-36(33-25)24-10-6-9-15-38-24/h11-12,16,18,24H,3-10,13-15,17,28H2,1-2H3. The van der Waals surface area contributed by atoms with Gasteiger partial charge in [0.1, 0.15) is 12.0 Å². The molecule has 1 unspecified atom stereocenters. The number of ether oxygens (including phenoxy) is 1. The van der Waals surface area contributed by atoms with E-state index >= 15 is 0 Å². The van der Waals surface area contributed by atoms with Gasteiger partial charge in [0.15, 0.2) is 23.7 Å². The molecule has 11 nitrogen and oxygen atoms in total. The third kappa shape index (κ3) is 5.53. The fraction of sp³-hybridized carbons (Fsp3) is 0.556. The number of carbonyl (C=O) groups excluding carboxylic acids is 1. The molecule has 38 heavy (non-hydrogen) atoms. The van der Waals surface area contributed by atoms with Gasteiger partial charge < -0.3 is 15.4 Å². The third-order valence-corrected chi connectivity index (χ3v) is 7.17. The smallest absolute Gasteiger partial charge is 0.247 e. The SMILES string of the molecule is CCN1C(=O)CN(CCCCCCN)c2ncc(-c3ccc(-c4ncn(C5CCCCO5)n4)nc3C)nc21. The molecule has 0 radical (unpaired) electrons. The summed E-state index contributed by atoms with van der Waals surface area (Å²) < 4.78 is 7.60. The molecule has 1 amide bonds. The molecule has 3 aromatic rings. The molecule has 0 spiro atoms. The molecule has 2 aliphatic rings. The van der Waals surface area contributed by atoms with Crippen molar-refractivity contribution < 1.29 is 9.53 Å². The number of carbonyl (C=O) groups is 1. The molecule has 3 aromatic heterocycles. The Morgan fingerprint density at radius 3 is 2.68 bits per heavy atom. The Labute approximate surface area is 223 Å². The summed E-state index contributed by atoms with van der Waals surface area (Å²) in [4.78, 5) is 35.6. The van der Waals surface area contributed by atoms with E-state index in [-0.39, 0.29) is 12.1 Å². The van der Waals surface area contributed by atoms with Crippen LogP contribution in [0.4, 0.5) is 11.6 Å². The molecule has 0 aromatic carbocycles. The van der Waals surface area contributed by atoms with E-state index in [9.17, 15) is 4.79 Å². The zero-order valence-corrected chi connectivity index (χ0v) is 22.3. The number of amides is 1. The number of likely N-dealkylation sites (N-methyl/N-ethyl adjacent to an activating group) is 1. The van der Waals surface area contributed by atoms with Crippen LogP contribution in [-0.2, 0) is 9.53 Å². The van der Waals surface area contributed by atoms with Crippen LogP contribution in [0.25, 0.3) is 22.8 Å². The highest BCUT2D eigenvalue weighted by atomic mass is 16.5. The van der Waals surface area contributed by atoms with Crippen molar-refractivity contribution in [3.05, 3.63) is 30.4 Å². The summed E-state index contributed by atoms with van der Waals surface area (Å²) in [6, 6.07) is 3.88. The zero-order valence-electron chi connectivity index (χ0n) is 22.3. The molecule has 2 N–H and O–H groups in total. The number of nitrogens with two attached hydrogens (primary N) is 1. The van der Waals surface area contributed by atoms with Crippen molar-refractivity contribution in [1.82, 2.24) is 29.7 Å². The number of rotatable bonds is 10. The lowest BCUT2D eigenvalue weighted by atomic mass is 10.1. The number of hydrogen-bond donors (Lipinski definition) is 1. The summed E-state index contributed by atoms with van der Waals surface area (Å²) in [5.41, 5.74) is 8.65. The molecule has 0 saturated carbocycles. The Bertz CT molecular complexity index is 1260. The number of fused-ring (bicyclic) bond motifs is 1. The van der Waals surface area contributed by atoms with Crippen LogP contribution >= 0.6 is 0 Å². The summed E-state index contributed by atoms with van der Waals surface area (Å²) in [6.07, 6.45) is 10.8. The van der Waals surface area contributed by atoms with Gasteiger partial charge in [-0.3, -0.25) is 9.69 Å². The monoisotopic (exact) mass is 519 g/mol. The van der Waals surface area contributed by atoms with Crippen LogP contribution in [0.5, 0.6) is 0 Å². The van der Waals surface area contributed by atoms with E-state index in [0.717, 1.165) is 81.7 Å². The number of hydrogen-bond acceptors (Lipinski definition) is 9. The summed E-state index contributed by atoms with van der Waals surface area (Å²) in [5.74, 6) is 1.98.